The van der Waals surface area contributed by atoms with Gasteiger partial charge in [-0.3, -0.25) is 4.79 Å². The fourth-order valence-electron chi connectivity index (χ4n) is 3.76. The average Bonchev–Trinajstić information content (AvgIpc) is 3.00. The van der Waals surface area contributed by atoms with Crippen LogP contribution in [-0.4, -0.2) is 41.7 Å². The van der Waals surface area contributed by atoms with E-state index in [0.717, 1.165) is 16.8 Å². The summed E-state index contributed by atoms with van der Waals surface area (Å²) >= 11 is 0. The third kappa shape index (κ3) is 4.03. The summed E-state index contributed by atoms with van der Waals surface area (Å²) in [6.07, 6.45) is 0. The van der Waals surface area contributed by atoms with Crippen molar-refractivity contribution in [2.24, 2.45) is 0 Å². The zero-order valence-corrected chi connectivity index (χ0v) is 17.1. The molecule has 0 amide bonds. The lowest BCUT2D eigenvalue weighted by Crippen LogP contribution is -2.17. The topological polar surface area (TPSA) is 77.8 Å². The van der Waals surface area contributed by atoms with Gasteiger partial charge >= 0.3 is 5.97 Å². The van der Waals surface area contributed by atoms with E-state index in [0.29, 0.717) is 17.6 Å². The van der Waals surface area contributed by atoms with Gasteiger partial charge in [0.05, 0.1) is 12.6 Å². The van der Waals surface area contributed by atoms with Gasteiger partial charge in [-0.1, -0.05) is 30.3 Å². The molecule has 0 radical (unpaired) electrons. The predicted molar refractivity (Wildman–Crippen MR) is 111 cm³/mol. The number of phenols is 1. The van der Waals surface area contributed by atoms with E-state index in [2.05, 4.69) is 0 Å². The molecule has 6 nitrogen and oxygen atoms in total. The van der Waals surface area contributed by atoms with Crippen LogP contribution in [0.1, 0.15) is 45.1 Å². The van der Waals surface area contributed by atoms with E-state index in [-0.39, 0.29) is 23.1 Å². The number of nitrogens with zero attached hydrogens (tertiary/aromatic N) is 1. The van der Waals surface area contributed by atoms with Crippen LogP contribution in [0.3, 0.4) is 0 Å². The minimum Gasteiger partial charge on any atom is -0.506 e. The molecule has 1 atom stereocenters. The third-order valence-corrected chi connectivity index (χ3v) is 5.09. The van der Waals surface area contributed by atoms with Crippen LogP contribution in [0.2, 0.25) is 0 Å². The number of ether oxygens (including phenoxy) is 2. The lowest BCUT2D eigenvalue weighted by Gasteiger charge is -2.17. The molecule has 29 heavy (non-hydrogen) atoms. The molecule has 152 valence electrons. The van der Waals surface area contributed by atoms with E-state index in [4.69, 9.17) is 9.47 Å². The fraction of sp³-hybridized carbons (Fsp3) is 0.304. The summed E-state index contributed by atoms with van der Waals surface area (Å²) in [4.78, 5) is 25.1. The maximum atomic E-state index is 12.7. The van der Waals surface area contributed by atoms with Crippen molar-refractivity contribution >= 4 is 22.5 Å². The van der Waals surface area contributed by atoms with Crippen molar-refractivity contribution in [1.29, 1.82) is 0 Å². The highest BCUT2D eigenvalue weighted by Crippen LogP contribution is 2.29. The Kier molecular flexibility index (Phi) is 6.03. The molecule has 1 heterocycles. The molecule has 0 saturated heterocycles. The molecule has 0 aliphatic heterocycles. The summed E-state index contributed by atoms with van der Waals surface area (Å²) < 4.78 is 12.4. The number of aromatic nitrogens is 1. The third-order valence-electron chi connectivity index (χ3n) is 5.09. The number of rotatable bonds is 7. The minimum absolute atomic E-state index is 0.0377. The van der Waals surface area contributed by atoms with E-state index in [9.17, 15) is 14.7 Å². The molecular weight excluding hydrogens is 370 g/mol. The highest BCUT2D eigenvalue weighted by Gasteiger charge is 2.21. The van der Waals surface area contributed by atoms with Crippen molar-refractivity contribution in [3.8, 4) is 5.75 Å². The number of methoxy groups -OCH3 is 1. The summed E-state index contributed by atoms with van der Waals surface area (Å²) in [7, 11) is 1.64. The van der Waals surface area contributed by atoms with Gasteiger partial charge in [-0.05, 0) is 38.3 Å². The van der Waals surface area contributed by atoms with Crippen LogP contribution < -0.4 is 0 Å². The van der Waals surface area contributed by atoms with Crippen LogP contribution in [0.4, 0.5) is 0 Å². The summed E-state index contributed by atoms with van der Waals surface area (Å²) in [6, 6.07) is 12.3. The molecule has 0 aliphatic carbocycles. The Bertz CT molecular complexity index is 1070. The van der Waals surface area contributed by atoms with Crippen molar-refractivity contribution < 1.29 is 24.2 Å². The van der Waals surface area contributed by atoms with E-state index in [1.165, 1.54) is 6.07 Å². The molecule has 6 heteroatoms. The SMILES string of the molecule is COC[C@H](C)n1c(C)cc(C(=O)COC(=O)c2ccc3ccccc3c2O)c1C. The molecule has 0 fully saturated rings. The number of phenolic OH excluding ortho intramolecular Hbond substituents is 1. The zero-order chi connectivity index (χ0) is 21.1. The van der Waals surface area contributed by atoms with Crippen molar-refractivity contribution in [2.75, 3.05) is 20.3 Å². The van der Waals surface area contributed by atoms with Gasteiger partial charge in [-0.15, -0.1) is 0 Å². The predicted octanol–water partition coefficient (Wildman–Crippen LogP) is 4.21. The van der Waals surface area contributed by atoms with E-state index in [1.807, 2.05) is 37.5 Å². The Hall–Kier alpha value is -3.12. The molecule has 1 N–H and O–H groups in total. The molecular formula is C23H25NO5. The number of carbonyl (C=O) groups excluding carboxylic acids is 2. The van der Waals surface area contributed by atoms with E-state index >= 15 is 0 Å². The standard InChI is InChI=1S/C23H25NO5/c1-14-11-20(16(3)24(14)15(2)12-28-4)21(25)13-29-23(27)19-10-9-17-7-5-6-8-18(17)22(19)26/h5-11,15,26H,12-13H2,1-4H3/t15-/m0/s1. The highest BCUT2D eigenvalue weighted by molar-refractivity contribution is 6.03. The molecule has 1 aromatic heterocycles. The second-order valence-electron chi connectivity index (χ2n) is 7.14. The summed E-state index contributed by atoms with van der Waals surface area (Å²) in [5.41, 5.74) is 2.30. The van der Waals surface area contributed by atoms with Gasteiger partial charge in [0.15, 0.2) is 6.61 Å². The maximum Gasteiger partial charge on any atom is 0.342 e. The van der Waals surface area contributed by atoms with Gasteiger partial charge in [0.1, 0.15) is 11.3 Å². The largest absolute Gasteiger partial charge is 0.506 e. The number of aryl methyl sites for hydroxylation is 1. The Morgan fingerprint density at radius 3 is 2.55 bits per heavy atom. The number of hydrogen-bond acceptors (Lipinski definition) is 5. The number of hydrogen-bond donors (Lipinski definition) is 1. The van der Waals surface area contributed by atoms with Gasteiger partial charge in [0.2, 0.25) is 5.78 Å². The second kappa shape index (κ2) is 8.49. The van der Waals surface area contributed by atoms with Crippen LogP contribution in [-0.2, 0) is 9.47 Å². The number of esters is 1. The maximum absolute atomic E-state index is 12.7. The molecule has 0 spiro atoms. The van der Waals surface area contributed by atoms with Crippen molar-refractivity contribution in [3.63, 3.8) is 0 Å². The number of carbonyl (C=O) groups is 2. The molecule has 0 unspecified atom stereocenters. The van der Waals surface area contributed by atoms with E-state index in [1.54, 1.807) is 31.4 Å². The first-order chi connectivity index (χ1) is 13.8. The van der Waals surface area contributed by atoms with Crippen LogP contribution in [0.25, 0.3) is 10.8 Å². The van der Waals surface area contributed by atoms with Crippen molar-refractivity contribution in [2.45, 2.75) is 26.8 Å². The fourth-order valence-corrected chi connectivity index (χ4v) is 3.76. The normalized spacial score (nSPS) is 12.1. The number of aromatic hydroxyl groups is 1. The molecule has 3 aromatic rings. The van der Waals surface area contributed by atoms with Crippen molar-refractivity contribution in [3.05, 3.63) is 65.0 Å². The molecule has 0 saturated carbocycles. The zero-order valence-electron chi connectivity index (χ0n) is 17.1. The van der Waals surface area contributed by atoms with Crippen molar-refractivity contribution in [1.82, 2.24) is 4.57 Å². The summed E-state index contributed by atoms with van der Waals surface area (Å²) in [5.74, 6) is -1.17. The number of benzene rings is 2. The van der Waals surface area contributed by atoms with Crippen LogP contribution in [0.15, 0.2) is 42.5 Å². The van der Waals surface area contributed by atoms with Gasteiger partial charge < -0.3 is 19.1 Å². The Labute approximate surface area is 169 Å². The smallest absolute Gasteiger partial charge is 0.342 e. The highest BCUT2D eigenvalue weighted by atomic mass is 16.5. The first kappa shape index (κ1) is 20.6. The summed E-state index contributed by atoms with van der Waals surface area (Å²) in [6.45, 7) is 5.94. The molecule has 3 rings (SSSR count). The Balaban J connectivity index is 1.75. The first-order valence-electron chi connectivity index (χ1n) is 9.43. The van der Waals surface area contributed by atoms with Crippen LogP contribution >= 0.6 is 0 Å². The summed E-state index contributed by atoms with van der Waals surface area (Å²) in [5, 5.41) is 11.8. The minimum atomic E-state index is -0.733. The van der Waals surface area contributed by atoms with Crippen LogP contribution in [0, 0.1) is 13.8 Å². The monoisotopic (exact) mass is 395 g/mol. The average molecular weight is 395 g/mol. The molecule has 2 aromatic carbocycles. The second-order valence-corrected chi connectivity index (χ2v) is 7.14. The quantitative estimate of drug-likeness (QED) is 0.479. The number of ketones is 1. The van der Waals surface area contributed by atoms with Gasteiger partial charge in [-0.25, -0.2) is 4.79 Å². The van der Waals surface area contributed by atoms with Gasteiger partial charge in [0.25, 0.3) is 0 Å². The Morgan fingerprint density at radius 2 is 1.83 bits per heavy atom. The first-order valence-corrected chi connectivity index (χ1v) is 9.43. The lowest BCUT2D eigenvalue weighted by atomic mass is 10.1. The Morgan fingerprint density at radius 1 is 1.10 bits per heavy atom. The van der Waals surface area contributed by atoms with Crippen LogP contribution in [0.5, 0.6) is 5.75 Å². The molecule has 0 bridgehead atoms. The van der Waals surface area contributed by atoms with Gasteiger partial charge in [-0.2, -0.15) is 0 Å². The number of fused-ring (bicyclic) bond motifs is 1. The van der Waals surface area contributed by atoms with E-state index < -0.39 is 12.6 Å². The van der Waals surface area contributed by atoms with Gasteiger partial charge in [0, 0.05) is 29.4 Å². The lowest BCUT2D eigenvalue weighted by molar-refractivity contribution is 0.0472. The molecule has 0 aliphatic rings. The number of Topliss-reactive ketones (excluding diaryl/α,β-unsaturated/α-hetero) is 1.